The molecule has 6 heteroatoms. The fourth-order valence-electron chi connectivity index (χ4n) is 0.793. The van der Waals surface area contributed by atoms with Crippen molar-refractivity contribution in [2.75, 3.05) is 0 Å². The van der Waals surface area contributed by atoms with Crippen LogP contribution in [0.5, 0.6) is 0 Å². The van der Waals surface area contributed by atoms with E-state index in [1.54, 1.807) is 0 Å². The zero-order valence-corrected chi connectivity index (χ0v) is 6.98. The molecule has 0 aliphatic heterocycles. The van der Waals surface area contributed by atoms with Crippen LogP contribution in [0, 0.1) is 5.82 Å². The fourth-order valence-corrected chi connectivity index (χ4v) is 0.793. The molecule has 0 bridgehead atoms. The lowest BCUT2D eigenvalue weighted by Gasteiger charge is -2.03. The lowest BCUT2D eigenvalue weighted by molar-refractivity contribution is -0.137. The van der Waals surface area contributed by atoms with E-state index in [1.807, 2.05) is 0 Å². The minimum absolute atomic E-state index is 0.165. The molecular formula is C8H7FN2O3. The summed E-state index contributed by atoms with van der Waals surface area (Å²) in [5.41, 5.74) is 4.88. The number of carbonyl (C=O) groups excluding carboxylic acids is 1. The van der Waals surface area contributed by atoms with Crippen molar-refractivity contribution in [1.29, 1.82) is 0 Å². The first-order chi connectivity index (χ1) is 6.52. The van der Waals surface area contributed by atoms with E-state index in [-0.39, 0.29) is 5.69 Å². The first-order valence-electron chi connectivity index (χ1n) is 3.66. The van der Waals surface area contributed by atoms with Crippen LogP contribution in [0.4, 0.5) is 4.39 Å². The Bertz CT molecular complexity index is 363. The van der Waals surface area contributed by atoms with Crippen LogP contribution >= 0.6 is 0 Å². The minimum Gasteiger partial charge on any atom is -0.480 e. The van der Waals surface area contributed by atoms with Crippen molar-refractivity contribution in [3.05, 3.63) is 29.8 Å². The number of aliphatic carboxylic acids is 1. The second kappa shape index (κ2) is 3.93. The number of hydrogen-bond donors (Lipinski definition) is 2. The van der Waals surface area contributed by atoms with E-state index < -0.39 is 23.6 Å². The minimum atomic E-state index is -1.66. The number of ketones is 1. The summed E-state index contributed by atoms with van der Waals surface area (Å²) in [6, 6.07) is 0.433. The van der Waals surface area contributed by atoms with Crippen molar-refractivity contribution >= 4 is 11.8 Å². The smallest absolute Gasteiger partial charge is 0.328 e. The van der Waals surface area contributed by atoms with E-state index in [4.69, 9.17) is 10.8 Å². The van der Waals surface area contributed by atoms with Crippen LogP contribution in [0.25, 0.3) is 0 Å². The van der Waals surface area contributed by atoms with Crippen LogP contribution in [-0.4, -0.2) is 27.9 Å². The molecule has 1 heterocycles. The molecule has 1 aromatic rings. The van der Waals surface area contributed by atoms with E-state index in [9.17, 15) is 14.0 Å². The lowest BCUT2D eigenvalue weighted by atomic mass is 10.1. The zero-order valence-electron chi connectivity index (χ0n) is 6.98. The maximum absolute atomic E-state index is 12.4. The summed E-state index contributed by atoms with van der Waals surface area (Å²) in [5.74, 6) is -2.90. The van der Waals surface area contributed by atoms with Gasteiger partial charge in [0.1, 0.15) is 11.5 Å². The molecule has 0 aromatic carbocycles. The number of nitrogens with two attached hydrogens (primary N) is 1. The number of Topliss-reactive ketones (excluding diaryl/α,β-unsaturated/α-hetero) is 1. The monoisotopic (exact) mass is 197 g/mol. The number of aromatic nitrogens is 1. The maximum Gasteiger partial charge on any atom is 0.328 e. The summed E-state index contributed by atoms with van der Waals surface area (Å²) in [5, 5.41) is 8.42. The molecular weight excluding hydrogens is 190 g/mol. The molecule has 3 N–H and O–H groups in total. The Morgan fingerprint density at radius 2 is 2.14 bits per heavy atom. The third-order valence-electron chi connectivity index (χ3n) is 1.53. The molecule has 1 rings (SSSR count). The summed E-state index contributed by atoms with van der Waals surface area (Å²) in [7, 11) is 0. The number of pyridine rings is 1. The molecule has 5 nitrogen and oxygen atoms in total. The number of carbonyl (C=O) groups is 2. The van der Waals surface area contributed by atoms with Gasteiger partial charge in [-0.1, -0.05) is 0 Å². The van der Waals surface area contributed by atoms with Crippen molar-refractivity contribution in [1.82, 2.24) is 4.98 Å². The van der Waals surface area contributed by atoms with Gasteiger partial charge in [-0.25, -0.2) is 4.39 Å². The zero-order chi connectivity index (χ0) is 10.7. The van der Waals surface area contributed by atoms with Gasteiger partial charge in [-0.05, 0) is 12.1 Å². The van der Waals surface area contributed by atoms with Crippen LogP contribution in [0.2, 0.25) is 0 Å². The van der Waals surface area contributed by atoms with Gasteiger partial charge >= 0.3 is 5.97 Å². The van der Waals surface area contributed by atoms with Gasteiger partial charge in [0.15, 0.2) is 6.04 Å². The molecule has 0 saturated carbocycles. The predicted octanol–water partition coefficient (Wildman–Crippen LogP) is -0.185. The number of nitrogens with zero attached hydrogens (tertiary/aromatic N) is 1. The standard InChI is InChI=1S/C8H7FN2O3/c9-4-1-2-5(11-3-4)7(12)6(10)8(13)14/h1-3,6H,10H2,(H,13,14)/i9-1. The molecule has 0 aliphatic rings. The molecule has 0 amide bonds. The van der Waals surface area contributed by atoms with E-state index in [0.717, 1.165) is 18.3 Å². The Balaban J connectivity index is 2.90. The van der Waals surface area contributed by atoms with Crippen LogP contribution in [0.15, 0.2) is 18.3 Å². The second-order valence-electron chi connectivity index (χ2n) is 2.54. The first kappa shape index (κ1) is 10.3. The van der Waals surface area contributed by atoms with Crippen molar-refractivity contribution in [3.63, 3.8) is 0 Å². The van der Waals surface area contributed by atoms with Gasteiger partial charge in [0.05, 0.1) is 6.20 Å². The van der Waals surface area contributed by atoms with Crippen molar-refractivity contribution in [2.45, 2.75) is 6.04 Å². The normalized spacial score (nSPS) is 12.1. The molecule has 0 saturated heterocycles. The number of rotatable bonds is 3. The van der Waals surface area contributed by atoms with E-state index >= 15 is 0 Å². The summed E-state index contributed by atoms with van der Waals surface area (Å²) in [6.45, 7) is 0. The van der Waals surface area contributed by atoms with Crippen LogP contribution < -0.4 is 5.73 Å². The highest BCUT2D eigenvalue weighted by molar-refractivity contribution is 6.10. The van der Waals surface area contributed by atoms with E-state index in [0.29, 0.717) is 0 Å². The van der Waals surface area contributed by atoms with Gasteiger partial charge in [-0.2, -0.15) is 0 Å². The summed E-state index contributed by atoms with van der Waals surface area (Å²) in [6.07, 6.45) is 0.821. The predicted molar refractivity (Wildman–Crippen MR) is 44.1 cm³/mol. The van der Waals surface area contributed by atoms with E-state index in [2.05, 4.69) is 4.98 Å². The topological polar surface area (TPSA) is 93.3 Å². The summed E-state index contributed by atoms with van der Waals surface area (Å²) < 4.78 is 12.4. The van der Waals surface area contributed by atoms with Crippen molar-refractivity contribution in [3.8, 4) is 0 Å². The average Bonchev–Trinajstić information content (AvgIpc) is 2.16. The third kappa shape index (κ3) is 2.11. The van der Waals surface area contributed by atoms with Crippen LogP contribution in [0.3, 0.4) is 0 Å². The third-order valence-corrected chi connectivity index (χ3v) is 1.53. The number of hydrogen-bond acceptors (Lipinski definition) is 4. The van der Waals surface area contributed by atoms with Gasteiger partial charge in [0.2, 0.25) is 5.78 Å². The van der Waals surface area contributed by atoms with Gasteiger partial charge < -0.3 is 10.8 Å². The molecule has 0 spiro atoms. The number of carboxylic acids is 1. The Labute approximate surface area is 78.4 Å². The quantitative estimate of drug-likeness (QED) is 0.517. The highest BCUT2D eigenvalue weighted by Crippen LogP contribution is 2.01. The first-order valence-corrected chi connectivity index (χ1v) is 3.66. The molecule has 0 radical (unpaired) electrons. The highest BCUT2D eigenvalue weighted by atomic mass is 18.2. The van der Waals surface area contributed by atoms with Gasteiger partial charge in [-0.15, -0.1) is 0 Å². The molecule has 1 aromatic heterocycles. The van der Waals surface area contributed by atoms with Gasteiger partial charge in [0, 0.05) is 0 Å². The van der Waals surface area contributed by atoms with Crippen LogP contribution in [-0.2, 0) is 4.79 Å². The lowest BCUT2D eigenvalue weighted by Crippen LogP contribution is -2.38. The maximum atomic E-state index is 12.4. The molecule has 74 valence electrons. The molecule has 14 heavy (non-hydrogen) atoms. The second-order valence-corrected chi connectivity index (χ2v) is 2.54. The van der Waals surface area contributed by atoms with E-state index in [1.165, 1.54) is 0 Å². The summed E-state index contributed by atoms with van der Waals surface area (Å²) >= 11 is 0. The fraction of sp³-hybridized carbons (Fsp3) is 0.125. The number of carboxylic acid groups (broad SMARTS) is 1. The van der Waals surface area contributed by atoms with Crippen LogP contribution in [0.1, 0.15) is 10.5 Å². The van der Waals surface area contributed by atoms with Crippen molar-refractivity contribution < 1.29 is 19.1 Å². The Kier molecular flexibility index (Phi) is 2.88. The summed E-state index contributed by atoms with van der Waals surface area (Å²) in [4.78, 5) is 25.0. The Hall–Kier alpha value is -1.82. The van der Waals surface area contributed by atoms with Gasteiger partial charge in [0.25, 0.3) is 0 Å². The Morgan fingerprint density at radius 1 is 1.50 bits per heavy atom. The van der Waals surface area contributed by atoms with Crippen molar-refractivity contribution in [2.24, 2.45) is 5.73 Å². The molecule has 0 fully saturated rings. The molecule has 1 atom stereocenters. The molecule has 1 unspecified atom stereocenters. The largest absolute Gasteiger partial charge is 0.480 e. The van der Waals surface area contributed by atoms with Gasteiger partial charge in [-0.3, -0.25) is 14.6 Å². The number of halogens is 1. The highest BCUT2D eigenvalue weighted by Gasteiger charge is 2.23. The average molecular weight is 197 g/mol. The Morgan fingerprint density at radius 3 is 2.57 bits per heavy atom. The molecule has 0 aliphatic carbocycles. The SMILES string of the molecule is NC(C(=O)O)C(=O)c1ccc([18F])cn1.